The summed E-state index contributed by atoms with van der Waals surface area (Å²) in [4.78, 5) is 24.8. The monoisotopic (exact) mass is 281 g/mol. The van der Waals surface area contributed by atoms with Gasteiger partial charge in [-0.05, 0) is 31.2 Å². The van der Waals surface area contributed by atoms with E-state index >= 15 is 0 Å². The van der Waals surface area contributed by atoms with E-state index in [0.29, 0.717) is 5.56 Å². The van der Waals surface area contributed by atoms with Crippen LogP contribution in [0.4, 0.5) is 4.39 Å². The number of carboxylic acids is 1. The predicted octanol–water partition coefficient (Wildman–Crippen LogP) is 1.44. The molecule has 0 spiro atoms. The normalized spacial score (nSPS) is 26.4. The van der Waals surface area contributed by atoms with Crippen molar-refractivity contribution in [2.24, 2.45) is 5.92 Å². The fourth-order valence-corrected chi connectivity index (χ4v) is 2.78. The molecule has 0 aromatic heterocycles. The molecule has 3 atom stereocenters. The van der Waals surface area contributed by atoms with Crippen LogP contribution < -0.4 is 0 Å². The van der Waals surface area contributed by atoms with Crippen molar-refractivity contribution in [3.8, 4) is 0 Å². The van der Waals surface area contributed by atoms with E-state index in [2.05, 4.69) is 0 Å². The zero-order valence-electron chi connectivity index (χ0n) is 11.2. The van der Waals surface area contributed by atoms with E-state index in [1.807, 2.05) is 0 Å². The second-order valence-corrected chi connectivity index (χ2v) is 4.88. The average Bonchev–Trinajstić information content (AvgIpc) is 2.77. The highest BCUT2D eigenvalue weighted by Crippen LogP contribution is 2.40. The fourth-order valence-electron chi connectivity index (χ4n) is 2.78. The molecule has 5 nitrogen and oxygen atoms in total. The van der Waals surface area contributed by atoms with Crippen LogP contribution in [-0.2, 0) is 14.3 Å². The van der Waals surface area contributed by atoms with E-state index in [-0.39, 0.29) is 12.2 Å². The van der Waals surface area contributed by atoms with Crippen molar-refractivity contribution < 1.29 is 23.8 Å². The van der Waals surface area contributed by atoms with Crippen molar-refractivity contribution >= 4 is 11.9 Å². The van der Waals surface area contributed by atoms with Gasteiger partial charge in [0.05, 0.1) is 13.0 Å². The van der Waals surface area contributed by atoms with Crippen LogP contribution in [0.3, 0.4) is 0 Å². The number of aliphatic carboxylic acids is 1. The topological polar surface area (TPSA) is 66.8 Å². The van der Waals surface area contributed by atoms with E-state index in [4.69, 9.17) is 4.74 Å². The number of likely N-dealkylation sites (N-methyl/N-ethyl adjacent to an activating group) is 1. The molecule has 108 valence electrons. The lowest BCUT2D eigenvalue weighted by molar-refractivity contribution is -0.145. The highest BCUT2D eigenvalue weighted by Gasteiger charge is 2.47. The molecule has 0 aliphatic carbocycles. The highest BCUT2D eigenvalue weighted by atomic mass is 19.1. The van der Waals surface area contributed by atoms with Crippen molar-refractivity contribution in [3.63, 3.8) is 0 Å². The van der Waals surface area contributed by atoms with Crippen LogP contribution in [-0.4, -0.2) is 42.1 Å². The smallest absolute Gasteiger partial charge is 0.323 e. The maximum absolute atomic E-state index is 13.0. The number of benzene rings is 1. The molecule has 6 heteroatoms. The first-order valence-corrected chi connectivity index (χ1v) is 6.23. The molecule has 1 N–H and O–H groups in total. The zero-order chi connectivity index (χ0) is 14.9. The Bertz CT molecular complexity index is 516. The Morgan fingerprint density at radius 2 is 1.95 bits per heavy atom. The van der Waals surface area contributed by atoms with Gasteiger partial charge in [-0.3, -0.25) is 14.5 Å². The summed E-state index contributed by atoms with van der Waals surface area (Å²) in [5.41, 5.74) is 0.674. The van der Waals surface area contributed by atoms with Crippen molar-refractivity contribution in [1.29, 1.82) is 0 Å². The number of rotatable bonds is 3. The van der Waals surface area contributed by atoms with Gasteiger partial charge >= 0.3 is 11.9 Å². The summed E-state index contributed by atoms with van der Waals surface area (Å²) < 4.78 is 17.7. The van der Waals surface area contributed by atoms with Gasteiger partial charge in [0, 0.05) is 6.04 Å². The molecule has 2 rings (SSSR count). The molecule has 1 aromatic rings. The third-order valence-corrected chi connectivity index (χ3v) is 3.79. The molecule has 1 saturated heterocycles. The summed E-state index contributed by atoms with van der Waals surface area (Å²) in [7, 11) is 2.95. The van der Waals surface area contributed by atoms with Crippen molar-refractivity contribution in [2.75, 3.05) is 14.2 Å². The van der Waals surface area contributed by atoms with Crippen LogP contribution in [0.15, 0.2) is 24.3 Å². The number of carbonyl (C=O) groups excluding carboxylic acids is 1. The summed E-state index contributed by atoms with van der Waals surface area (Å²) in [6.07, 6.45) is 0.181. The number of carbonyl (C=O) groups is 2. The number of nitrogens with zero attached hydrogens (tertiary/aromatic N) is 1. The van der Waals surface area contributed by atoms with Crippen LogP contribution in [0.2, 0.25) is 0 Å². The Morgan fingerprint density at radius 3 is 2.45 bits per heavy atom. The summed E-state index contributed by atoms with van der Waals surface area (Å²) in [5.74, 6) is -2.54. The molecule has 0 radical (unpaired) electrons. The molecule has 20 heavy (non-hydrogen) atoms. The lowest BCUT2D eigenvalue weighted by Gasteiger charge is -2.25. The molecule has 1 aliphatic heterocycles. The Morgan fingerprint density at radius 1 is 1.35 bits per heavy atom. The predicted molar refractivity (Wildman–Crippen MR) is 68.5 cm³/mol. The van der Waals surface area contributed by atoms with Crippen LogP contribution >= 0.6 is 0 Å². The van der Waals surface area contributed by atoms with Gasteiger partial charge in [0.1, 0.15) is 11.9 Å². The molecule has 1 heterocycles. The van der Waals surface area contributed by atoms with E-state index in [9.17, 15) is 19.1 Å². The maximum Gasteiger partial charge on any atom is 0.323 e. The number of likely N-dealkylation sites (tertiary alicyclic amines) is 1. The number of methoxy groups -OCH3 is 1. The van der Waals surface area contributed by atoms with E-state index in [1.165, 1.54) is 19.2 Å². The number of hydrogen-bond acceptors (Lipinski definition) is 4. The Labute approximate surface area is 116 Å². The number of ether oxygens (including phenoxy) is 1. The van der Waals surface area contributed by atoms with E-state index in [0.717, 1.165) is 0 Å². The largest absolute Gasteiger partial charge is 0.481 e. The number of hydrogen-bond donors (Lipinski definition) is 1. The first-order chi connectivity index (χ1) is 9.45. The van der Waals surface area contributed by atoms with Gasteiger partial charge in [-0.15, -0.1) is 0 Å². The quantitative estimate of drug-likeness (QED) is 0.849. The second kappa shape index (κ2) is 5.58. The van der Waals surface area contributed by atoms with Gasteiger partial charge in [-0.2, -0.15) is 0 Å². The minimum Gasteiger partial charge on any atom is -0.481 e. The molecule has 0 bridgehead atoms. The van der Waals surface area contributed by atoms with Gasteiger partial charge in [0.2, 0.25) is 0 Å². The molecule has 3 unspecified atom stereocenters. The number of esters is 1. The average molecular weight is 281 g/mol. The van der Waals surface area contributed by atoms with Crippen LogP contribution in [0.25, 0.3) is 0 Å². The lowest BCUT2D eigenvalue weighted by atomic mass is 9.93. The van der Waals surface area contributed by atoms with E-state index < -0.39 is 29.9 Å². The second-order valence-electron chi connectivity index (χ2n) is 4.88. The van der Waals surface area contributed by atoms with Gasteiger partial charge in [-0.25, -0.2) is 4.39 Å². The molecular weight excluding hydrogens is 265 g/mol. The third-order valence-electron chi connectivity index (χ3n) is 3.79. The van der Waals surface area contributed by atoms with Crippen molar-refractivity contribution in [2.45, 2.75) is 18.5 Å². The first-order valence-electron chi connectivity index (χ1n) is 6.23. The van der Waals surface area contributed by atoms with Crippen molar-refractivity contribution in [3.05, 3.63) is 35.6 Å². The van der Waals surface area contributed by atoms with Gasteiger partial charge in [0.25, 0.3) is 0 Å². The minimum atomic E-state index is -0.974. The molecule has 1 aliphatic rings. The van der Waals surface area contributed by atoms with Crippen molar-refractivity contribution in [1.82, 2.24) is 4.90 Å². The Balaban J connectivity index is 2.35. The zero-order valence-corrected chi connectivity index (χ0v) is 11.2. The van der Waals surface area contributed by atoms with Gasteiger partial charge in [0.15, 0.2) is 0 Å². The molecule has 1 fully saturated rings. The Kier molecular flexibility index (Phi) is 4.04. The summed E-state index contributed by atoms with van der Waals surface area (Å²) in [6.45, 7) is 0. The van der Waals surface area contributed by atoms with Crippen LogP contribution in [0.1, 0.15) is 18.0 Å². The molecular formula is C14H16FNO4. The molecule has 0 saturated carbocycles. The summed E-state index contributed by atoms with van der Waals surface area (Å²) in [5, 5.41) is 9.34. The minimum absolute atomic E-state index is 0.181. The van der Waals surface area contributed by atoms with E-state index in [1.54, 1.807) is 24.1 Å². The highest BCUT2D eigenvalue weighted by molar-refractivity contribution is 5.79. The number of halogens is 1. The Hall–Kier alpha value is -1.95. The standard InChI is InChI=1S/C14H16FNO4/c1-16-11(14(19)20-2)7-10(13(17)18)12(16)8-3-5-9(15)6-4-8/h3-6,10-12H,7H2,1-2H3,(H,17,18). The maximum atomic E-state index is 13.0. The molecule has 1 aromatic carbocycles. The van der Waals surface area contributed by atoms with Gasteiger partial charge < -0.3 is 9.84 Å². The summed E-state index contributed by atoms with van der Waals surface area (Å²) >= 11 is 0. The van der Waals surface area contributed by atoms with Crippen LogP contribution in [0, 0.1) is 11.7 Å². The molecule has 0 amide bonds. The number of carboxylic acid groups (broad SMARTS) is 1. The summed E-state index contributed by atoms with van der Waals surface area (Å²) in [6, 6.07) is 4.59. The van der Waals surface area contributed by atoms with Gasteiger partial charge in [-0.1, -0.05) is 12.1 Å². The first kappa shape index (κ1) is 14.5. The lowest BCUT2D eigenvalue weighted by Crippen LogP contribution is -2.35. The third kappa shape index (κ3) is 2.51. The fraction of sp³-hybridized carbons (Fsp3) is 0.429. The van der Waals surface area contributed by atoms with Crippen LogP contribution in [0.5, 0.6) is 0 Å². The SMILES string of the molecule is COC(=O)C1CC(C(=O)O)C(c2ccc(F)cc2)N1C.